The van der Waals surface area contributed by atoms with Crippen molar-refractivity contribution < 1.29 is 14.3 Å². The molecule has 0 saturated heterocycles. The van der Waals surface area contributed by atoms with Crippen LogP contribution >= 0.6 is 0 Å². The number of pyridine rings is 2. The standard InChI is InChI=1S/C24H21N3O4/c1-30-19-7-8-20-21(14-19)26-11-10-22(20)31-13-12-27-15-18(6-9-23(27)28)16-2-4-17(5-3-16)24(25)29/h2-11,14-15H,12-13H2,1H3,(H2,25,29). The molecule has 2 aromatic heterocycles. The average Bonchev–Trinajstić information content (AvgIpc) is 2.80. The van der Waals surface area contributed by atoms with Gasteiger partial charge in [0.2, 0.25) is 5.91 Å². The molecule has 156 valence electrons. The second kappa shape index (κ2) is 8.71. The van der Waals surface area contributed by atoms with Crippen LogP contribution < -0.4 is 20.8 Å². The second-order valence-corrected chi connectivity index (χ2v) is 6.93. The summed E-state index contributed by atoms with van der Waals surface area (Å²) in [5.74, 6) is 0.944. The molecule has 0 unspecified atom stereocenters. The molecule has 0 spiro atoms. The molecule has 7 heteroatoms. The van der Waals surface area contributed by atoms with Gasteiger partial charge in [0.1, 0.15) is 18.1 Å². The van der Waals surface area contributed by atoms with E-state index >= 15 is 0 Å². The summed E-state index contributed by atoms with van der Waals surface area (Å²) in [5.41, 5.74) is 8.12. The summed E-state index contributed by atoms with van der Waals surface area (Å²) in [7, 11) is 1.61. The fourth-order valence-electron chi connectivity index (χ4n) is 3.31. The fourth-order valence-corrected chi connectivity index (χ4v) is 3.31. The molecule has 4 rings (SSSR count). The van der Waals surface area contributed by atoms with Gasteiger partial charge in [0.15, 0.2) is 0 Å². The normalized spacial score (nSPS) is 10.7. The van der Waals surface area contributed by atoms with Gasteiger partial charge in [0, 0.05) is 35.5 Å². The minimum atomic E-state index is -0.476. The number of carbonyl (C=O) groups excluding carboxylic acids is 1. The number of fused-ring (bicyclic) bond motifs is 1. The zero-order valence-electron chi connectivity index (χ0n) is 16.9. The van der Waals surface area contributed by atoms with Crippen molar-refractivity contribution in [2.45, 2.75) is 6.54 Å². The molecular formula is C24H21N3O4. The Hall–Kier alpha value is -4.13. The van der Waals surface area contributed by atoms with Crippen molar-refractivity contribution in [2.24, 2.45) is 5.73 Å². The lowest BCUT2D eigenvalue weighted by Gasteiger charge is -2.12. The number of rotatable bonds is 7. The molecule has 0 aliphatic carbocycles. The first-order chi connectivity index (χ1) is 15.0. The monoisotopic (exact) mass is 415 g/mol. The highest BCUT2D eigenvalue weighted by molar-refractivity contribution is 5.93. The third kappa shape index (κ3) is 4.40. The van der Waals surface area contributed by atoms with Gasteiger partial charge in [-0.25, -0.2) is 0 Å². The molecule has 2 heterocycles. The smallest absolute Gasteiger partial charge is 0.250 e. The molecule has 0 aliphatic rings. The maximum atomic E-state index is 12.3. The molecule has 0 saturated carbocycles. The third-order valence-corrected chi connectivity index (χ3v) is 4.99. The summed E-state index contributed by atoms with van der Waals surface area (Å²) >= 11 is 0. The Morgan fingerprint density at radius 1 is 1.03 bits per heavy atom. The van der Waals surface area contributed by atoms with Crippen LogP contribution in [0, 0.1) is 0 Å². The third-order valence-electron chi connectivity index (χ3n) is 4.99. The predicted octanol–water partition coefficient (Wildman–Crippen LogP) is 3.25. The molecule has 4 aromatic rings. The van der Waals surface area contributed by atoms with Crippen LogP contribution in [0.2, 0.25) is 0 Å². The molecule has 7 nitrogen and oxygen atoms in total. The number of nitrogens with zero attached hydrogens (tertiary/aromatic N) is 2. The maximum Gasteiger partial charge on any atom is 0.250 e. The summed E-state index contributed by atoms with van der Waals surface area (Å²) < 4.78 is 12.8. The number of amides is 1. The molecule has 0 bridgehead atoms. The van der Waals surface area contributed by atoms with E-state index < -0.39 is 5.91 Å². The van der Waals surface area contributed by atoms with Crippen molar-refractivity contribution >= 4 is 16.8 Å². The van der Waals surface area contributed by atoms with E-state index in [4.69, 9.17) is 15.2 Å². The van der Waals surface area contributed by atoms with Gasteiger partial charge in [-0.3, -0.25) is 14.6 Å². The highest BCUT2D eigenvalue weighted by atomic mass is 16.5. The highest BCUT2D eigenvalue weighted by Gasteiger charge is 2.07. The van der Waals surface area contributed by atoms with Crippen LogP contribution in [0.3, 0.4) is 0 Å². The van der Waals surface area contributed by atoms with E-state index in [0.29, 0.717) is 24.5 Å². The number of aromatic nitrogens is 2. The van der Waals surface area contributed by atoms with Crippen molar-refractivity contribution in [3.63, 3.8) is 0 Å². The van der Waals surface area contributed by atoms with Gasteiger partial charge in [-0.15, -0.1) is 0 Å². The molecule has 2 N–H and O–H groups in total. The molecular weight excluding hydrogens is 394 g/mol. The highest BCUT2D eigenvalue weighted by Crippen LogP contribution is 2.27. The molecule has 0 fully saturated rings. The van der Waals surface area contributed by atoms with Gasteiger partial charge in [-0.1, -0.05) is 12.1 Å². The van der Waals surface area contributed by atoms with Gasteiger partial charge >= 0.3 is 0 Å². The number of benzene rings is 2. The Labute approximate surface area is 178 Å². The van der Waals surface area contributed by atoms with Crippen molar-refractivity contribution in [1.29, 1.82) is 0 Å². The van der Waals surface area contributed by atoms with E-state index in [1.54, 1.807) is 60.5 Å². The van der Waals surface area contributed by atoms with E-state index in [9.17, 15) is 9.59 Å². The van der Waals surface area contributed by atoms with Crippen LogP contribution in [-0.4, -0.2) is 29.2 Å². The van der Waals surface area contributed by atoms with Crippen LogP contribution in [-0.2, 0) is 6.54 Å². The SMILES string of the molecule is COc1ccc2c(OCCn3cc(-c4ccc(C(N)=O)cc4)ccc3=O)ccnc2c1. The van der Waals surface area contributed by atoms with Crippen molar-refractivity contribution in [3.05, 3.63) is 89.0 Å². The van der Waals surface area contributed by atoms with E-state index in [1.165, 1.54) is 6.07 Å². The Morgan fingerprint density at radius 3 is 2.55 bits per heavy atom. The summed E-state index contributed by atoms with van der Waals surface area (Å²) in [6.07, 6.45) is 3.46. The van der Waals surface area contributed by atoms with Crippen molar-refractivity contribution in [3.8, 4) is 22.6 Å². The van der Waals surface area contributed by atoms with E-state index in [-0.39, 0.29) is 5.56 Å². The number of carbonyl (C=O) groups is 1. The quantitative estimate of drug-likeness (QED) is 0.500. The molecule has 31 heavy (non-hydrogen) atoms. The van der Waals surface area contributed by atoms with Crippen molar-refractivity contribution in [1.82, 2.24) is 9.55 Å². The first-order valence-electron chi connectivity index (χ1n) is 9.71. The number of nitrogens with two attached hydrogens (primary N) is 1. The van der Waals surface area contributed by atoms with E-state index in [0.717, 1.165) is 27.8 Å². The van der Waals surface area contributed by atoms with Gasteiger partial charge < -0.3 is 19.8 Å². The fraction of sp³-hybridized carbons (Fsp3) is 0.125. The minimum Gasteiger partial charge on any atom is -0.497 e. The zero-order chi connectivity index (χ0) is 21.8. The second-order valence-electron chi connectivity index (χ2n) is 6.93. The van der Waals surface area contributed by atoms with Gasteiger partial charge in [-0.2, -0.15) is 0 Å². The van der Waals surface area contributed by atoms with Gasteiger partial charge in [0.25, 0.3) is 5.56 Å². The van der Waals surface area contributed by atoms with Crippen LogP contribution in [0.5, 0.6) is 11.5 Å². The number of hydrogen-bond acceptors (Lipinski definition) is 5. The van der Waals surface area contributed by atoms with Crippen LogP contribution in [0.4, 0.5) is 0 Å². The topological polar surface area (TPSA) is 96.4 Å². The van der Waals surface area contributed by atoms with Crippen LogP contribution in [0.25, 0.3) is 22.0 Å². The Morgan fingerprint density at radius 2 is 1.81 bits per heavy atom. The number of ether oxygens (including phenoxy) is 2. The summed E-state index contributed by atoms with van der Waals surface area (Å²) in [6, 6.07) is 17.6. The predicted molar refractivity (Wildman–Crippen MR) is 118 cm³/mol. The largest absolute Gasteiger partial charge is 0.497 e. The molecule has 0 atom stereocenters. The molecule has 0 radical (unpaired) electrons. The Balaban J connectivity index is 1.50. The molecule has 1 amide bonds. The minimum absolute atomic E-state index is 0.120. The number of methoxy groups -OCH3 is 1. The summed E-state index contributed by atoms with van der Waals surface area (Å²) in [5, 5.41) is 0.874. The van der Waals surface area contributed by atoms with Gasteiger partial charge in [0.05, 0.1) is 19.2 Å². The maximum absolute atomic E-state index is 12.3. The Kier molecular flexibility index (Phi) is 5.66. The lowest BCUT2D eigenvalue weighted by Crippen LogP contribution is -2.22. The van der Waals surface area contributed by atoms with E-state index in [1.807, 2.05) is 18.2 Å². The Bertz CT molecular complexity index is 1300. The van der Waals surface area contributed by atoms with Gasteiger partial charge in [-0.05, 0) is 47.5 Å². The number of primary amides is 1. The van der Waals surface area contributed by atoms with Crippen molar-refractivity contribution in [2.75, 3.05) is 13.7 Å². The van der Waals surface area contributed by atoms with Crippen LogP contribution in [0.15, 0.2) is 77.9 Å². The lowest BCUT2D eigenvalue weighted by molar-refractivity contribution is 0.100. The number of hydrogen-bond donors (Lipinski definition) is 1. The first kappa shape index (κ1) is 20.2. The van der Waals surface area contributed by atoms with E-state index in [2.05, 4.69) is 4.98 Å². The molecule has 0 aliphatic heterocycles. The molecule has 2 aromatic carbocycles. The lowest BCUT2D eigenvalue weighted by atomic mass is 10.1. The summed E-state index contributed by atoms with van der Waals surface area (Å²) in [6.45, 7) is 0.696. The average molecular weight is 415 g/mol. The van der Waals surface area contributed by atoms with Crippen LogP contribution in [0.1, 0.15) is 10.4 Å². The first-order valence-corrected chi connectivity index (χ1v) is 9.71. The summed E-state index contributed by atoms with van der Waals surface area (Å²) in [4.78, 5) is 27.9. The zero-order valence-corrected chi connectivity index (χ0v) is 16.9.